The van der Waals surface area contributed by atoms with Crippen LogP contribution in [-0.2, 0) is 16.0 Å². The van der Waals surface area contributed by atoms with Crippen molar-refractivity contribution in [2.75, 3.05) is 11.9 Å². The highest BCUT2D eigenvalue weighted by atomic mass is 16.3. The van der Waals surface area contributed by atoms with E-state index in [0.717, 1.165) is 10.5 Å². The second-order valence-electron chi connectivity index (χ2n) is 7.60. The molecule has 8 nitrogen and oxygen atoms in total. The van der Waals surface area contributed by atoms with Crippen molar-refractivity contribution in [3.63, 3.8) is 0 Å². The summed E-state index contributed by atoms with van der Waals surface area (Å²) in [5.41, 5.74) is 1.79. The predicted molar refractivity (Wildman–Crippen MR) is 111 cm³/mol. The highest BCUT2D eigenvalue weighted by Crippen LogP contribution is 2.24. The van der Waals surface area contributed by atoms with Crippen LogP contribution in [0, 0.1) is 6.92 Å². The number of anilines is 1. The largest absolute Gasteiger partial charge is 0.441 e. The Morgan fingerprint density at radius 1 is 1.20 bits per heavy atom. The van der Waals surface area contributed by atoms with E-state index in [2.05, 4.69) is 15.6 Å². The van der Waals surface area contributed by atoms with E-state index in [1.54, 1.807) is 32.0 Å². The van der Waals surface area contributed by atoms with E-state index in [0.29, 0.717) is 35.5 Å². The Labute approximate surface area is 173 Å². The third-order valence-corrected chi connectivity index (χ3v) is 5.18. The fraction of sp³-hybridized carbons (Fsp3) is 0.273. The van der Waals surface area contributed by atoms with Crippen molar-refractivity contribution in [3.8, 4) is 0 Å². The molecule has 0 bridgehead atoms. The lowest BCUT2D eigenvalue weighted by Gasteiger charge is -2.21. The molecule has 1 saturated heterocycles. The number of imide groups is 1. The van der Waals surface area contributed by atoms with Gasteiger partial charge in [0, 0.05) is 12.6 Å². The van der Waals surface area contributed by atoms with Gasteiger partial charge >= 0.3 is 6.03 Å². The third-order valence-electron chi connectivity index (χ3n) is 5.18. The van der Waals surface area contributed by atoms with E-state index >= 15 is 0 Å². The van der Waals surface area contributed by atoms with Gasteiger partial charge in [-0.05, 0) is 43.5 Å². The van der Waals surface area contributed by atoms with Gasteiger partial charge in [0.25, 0.3) is 5.91 Å². The SMILES string of the molecule is Cc1nc2cc(NC(=O)CN3C(=O)N[C@](C)(CCc4ccccc4)C3=O)ccc2o1. The number of hydrogen-bond donors (Lipinski definition) is 2. The molecule has 2 heterocycles. The second-order valence-corrected chi connectivity index (χ2v) is 7.60. The average molecular weight is 406 g/mol. The molecule has 0 aliphatic carbocycles. The smallest absolute Gasteiger partial charge is 0.325 e. The maximum atomic E-state index is 12.9. The third kappa shape index (κ3) is 3.89. The van der Waals surface area contributed by atoms with Crippen molar-refractivity contribution in [2.45, 2.75) is 32.2 Å². The molecule has 0 unspecified atom stereocenters. The molecule has 0 spiro atoms. The molecule has 1 aliphatic rings. The first-order valence-corrected chi connectivity index (χ1v) is 9.69. The molecule has 30 heavy (non-hydrogen) atoms. The fourth-order valence-corrected chi connectivity index (χ4v) is 3.56. The number of aromatic nitrogens is 1. The number of aryl methyl sites for hydroxylation is 2. The number of nitrogens with one attached hydrogen (secondary N) is 2. The zero-order valence-electron chi connectivity index (χ0n) is 16.8. The number of amides is 4. The van der Waals surface area contributed by atoms with Crippen LogP contribution in [-0.4, -0.2) is 39.8 Å². The van der Waals surface area contributed by atoms with Gasteiger partial charge in [0.05, 0.1) is 0 Å². The summed E-state index contributed by atoms with van der Waals surface area (Å²) in [5, 5.41) is 5.43. The van der Waals surface area contributed by atoms with Crippen LogP contribution in [0.5, 0.6) is 0 Å². The molecule has 154 valence electrons. The first-order chi connectivity index (χ1) is 14.3. The van der Waals surface area contributed by atoms with Crippen molar-refractivity contribution < 1.29 is 18.8 Å². The van der Waals surface area contributed by atoms with E-state index in [1.807, 2.05) is 30.3 Å². The Balaban J connectivity index is 1.40. The lowest BCUT2D eigenvalue weighted by molar-refractivity contribution is -0.133. The van der Waals surface area contributed by atoms with Crippen molar-refractivity contribution in [1.82, 2.24) is 15.2 Å². The highest BCUT2D eigenvalue weighted by molar-refractivity contribution is 6.10. The van der Waals surface area contributed by atoms with Gasteiger partial charge in [-0.2, -0.15) is 0 Å². The maximum Gasteiger partial charge on any atom is 0.325 e. The molecule has 1 atom stereocenters. The molecule has 0 saturated carbocycles. The van der Waals surface area contributed by atoms with Crippen molar-refractivity contribution in [3.05, 3.63) is 60.0 Å². The molecule has 8 heteroatoms. The zero-order valence-corrected chi connectivity index (χ0v) is 16.8. The van der Waals surface area contributed by atoms with E-state index in [1.165, 1.54) is 0 Å². The van der Waals surface area contributed by atoms with Crippen LogP contribution in [0.25, 0.3) is 11.1 Å². The molecule has 0 radical (unpaired) electrons. The monoisotopic (exact) mass is 406 g/mol. The summed E-state index contributed by atoms with van der Waals surface area (Å²) in [4.78, 5) is 42.9. The number of nitrogens with zero attached hydrogens (tertiary/aromatic N) is 2. The summed E-state index contributed by atoms with van der Waals surface area (Å²) in [6, 6.07) is 14.2. The molecule has 4 rings (SSSR count). The quantitative estimate of drug-likeness (QED) is 0.613. The number of hydrogen-bond acceptors (Lipinski definition) is 5. The Kier molecular flexibility index (Phi) is 4.99. The summed E-state index contributed by atoms with van der Waals surface area (Å²) in [5.74, 6) is -0.339. The number of carbonyl (C=O) groups excluding carboxylic acids is 3. The normalized spacial score (nSPS) is 18.7. The zero-order chi connectivity index (χ0) is 21.3. The fourth-order valence-electron chi connectivity index (χ4n) is 3.56. The number of rotatable bonds is 6. The van der Waals surface area contributed by atoms with Gasteiger partial charge in [-0.15, -0.1) is 0 Å². The van der Waals surface area contributed by atoms with Crippen LogP contribution < -0.4 is 10.6 Å². The molecule has 1 fully saturated rings. The van der Waals surface area contributed by atoms with Crippen LogP contribution in [0.3, 0.4) is 0 Å². The first kappa shape index (κ1) is 19.6. The molecule has 1 aliphatic heterocycles. The molecular formula is C22H22N4O4. The summed E-state index contributed by atoms with van der Waals surface area (Å²) in [6.07, 6.45) is 1.09. The molecule has 4 amide bonds. The summed E-state index contributed by atoms with van der Waals surface area (Å²) in [7, 11) is 0. The van der Waals surface area contributed by atoms with Crippen LogP contribution in [0.1, 0.15) is 24.8 Å². The minimum absolute atomic E-state index is 0.360. The van der Waals surface area contributed by atoms with Crippen molar-refractivity contribution in [1.29, 1.82) is 0 Å². The molecule has 1 aromatic heterocycles. The Hall–Kier alpha value is -3.68. The molecule has 2 aromatic carbocycles. The standard InChI is InChI=1S/C22H22N4O4/c1-14-23-17-12-16(8-9-18(17)30-14)24-19(27)13-26-20(28)22(2,25-21(26)29)11-10-15-6-4-3-5-7-15/h3-9,12H,10-11,13H2,1-2H3,(H,24,27)(H,25,29)/t22-/m1/s1. The van der Waals surface area contributed by atoms with Gasteiger partial charge in [-0.25, -0.2) is 9.78 Å². The molecule has 2 N–H and O–H groups in total. The first-order valence-electron chi connectivity index (χ1n) is 9.69. The number of fused-ring (bicyclic) bond motifs is 1. The van der Waals surface area contributed by atoms with E-state index in [9.17, 15) is 14.4 Å². The van der Waals surface area contributed by atoms with Crippen LogP contribution in [0.4, 0.5) is 10.5 Å². The average Bonchev–Trinajstić information content (AvgIpc) is 3.18. The van der Waals surface area contributed by atoms with Gasteiger partial charge in [0.15, 0.2) is 11.5 Å². The molecular weight excluding hydrogens is 384 g/mol. The number of urea groups is 1. The summed E-state index contributed by atoms with van der Waals surface area (Å²) >= 11 is 0. The second kappa shape index (κ2) is 7.62. The number of oxazole rings is 1. The highest BCUT2D eigenvalue weighted by Gasteiger charge is 2.47. The van der Waals surface area contributed by atoms with E-state index in [4.69, 9.17) is 4.42 Å². The van der Waals surface area contributed by atoms with Crippen LogP contribution in [0.15, 0.2) is 52.9 Å². The minimum Gasteiger partial charge on any atom is -0.441 e. The Bertz CT molecular complexity index is 1120. The summed E-state index contributed by atoms with van der Waals surface area (Å²) < 4.78 is 5.41. The van der Waals surface area contributed by atoms with Crippen molar-refractivity contribution >= 4 is 34.6 Å². The van der Waals surface area contributed by atoms with Crippen LogP contribution >= 0.6 is 0 Å². The van der Waals surface area contributed by atoms with Gasteiger partial charge in [0.1, 0.15) is 17.6 Å². The van der Waals surface area contributed by atoms with Gasteiger partial charge in [-0.1, -0.05) is 30.3 Å². The molecule has 3 aromatic rings. The lowest BCUT2D eigenvalue weighted by atomic mass is 9.93. The van der Waals surface area contributed by atoms with Gasteiger partial charge < -0.3 is 15.1 Å². The van der Waals surface area contributed by atoms with E-state index in [-0.39, 0.29) is 6.54 Å². The topological polar surface area (TPSA) is 105 Å². The maximum absolute atomic E-state index is 12.9. The Morgan fingerprint density at radius 3 is 2.73 bits per heavy atom. The number of carbonyl (C=O) groups is 3. The van der Waals surface area contributed by atoms with Crippen LogP contribution in [0.2, 0.25) is 0 Å². The van der Waals surface area contributed by atoms with Crippen molar-refractivity contribution in [2.24, 2.45) is 0 Å². The number of benzene rings is 2. The predicted octanol–water partition coefficient (Wildman–Crippen LogP) is 3.02. The van der Waals surface area contributed by atoms with E-state index < -0.39 is 23.4 Å². The summed E-state index contributed by atoms with van der Waals surface area (Å²) in [6.45, 7) is 3.07. The minimum atomic E-state index is -1.04. The lowest BCUT2D eigenvalue weighted by Crippen LogP contribution is -2.45. The van der Waals surface area contributed by atoms with Gasteiger partial charge in [-0.3, -0.25) is 14.5 Å². The Morgan fingerprint density at radius 2 is 1.97 bits per heavy atom. The van der Waals surface area contributed by atoms with Gasteiger partial charge in [0.2, 0.25) is 5.91 Å².